The van der Waals surface area contributed by atoms with Crippen molar-refractivity contribution < 1.29 is 18.1 Å². The lowest BCUT2D eigenvalue weighted by Gasteiger charge is -2.30. The highest BCUT2D eigenvalue weighted by atomic mass is 32.2. The largest absolute Gasteiger partial charge is 0.495 e. The van der Waals surface area contributed by atoms with Gasteiger partial charge in [-0.1, -0.05) is 0 Å². The van der Waals surface area contributed by atoms with Crippen molar-refractivity contribution in [1.82, 2.24) is 10.0 Å². The van der Waals surface area contributed by atoms with Gasteiger partial charge in [0.2, 0.25) is 10.0 Å². The maximum absolute atomic E-state index is 12.5. The first kappa shape index (κ1) is 16.7. The smallest absolute Gasteiger partial charge is 0.273 e. The fourth-order valence-electron chi connectivity index (χ4n) is 2.46. The summed E-state index contributed by atoms with van der Waals surface area (Å²) < 4.78 is 32.7. The Morgan fingerprint density at radius 2 is 2.18 bits per heavy atom. The molecule has 9 heteroatoms. The number of hydrogen-bond acceptors (Lipinski definition) is 6. The van der Waals surface area contributed by atoms with Gasteiger partial charge in [-0.25, -0.2) is 13.1 Å². The number of non-ortho nitro benzene ring substituents is 1. The van der Waals surface area contributed by atoms with E-state index in [1.54, 1.807) is 0 Å². The fourth-order valence-corrected chi connectivity index (χ4v) is 3.96. The van der Waals surface area contributed by atoms with E-state index >= 15 is 0 Å². The molecule has 1 aromatic carbocycles. The maximum atomic E-state index is 12.5. The molecule has 1 heterocycles. The van der Waals surface area contributed by atoms with E-state index in [0.717, 1.165) is 31.5 Å². The third-order valence-electron chi connectivity index (χ3n) is 3.72. The Hall–Kier alpha value is -1.71. The minimum atomic E-state index is -3.82. The molecule has 0 radical (unpaired) electrons. The van der Waals surface area contributed by atoms with Gasteiger partial charge in [0.1, 0.15) is 10.6 Å². The molecule has 2 rings (SSSR count). The lowest BCUT2D eigenvalue weighted by Crippen LogP contribution is -2.51. The number of benzene rings is 1. The number of sulfonamides is 1. The Morgan fingerprint density at radius 1 is 1.45 bits per heavy atom. The quantitative estimate of drug-likeness (QED) is 0.616. The molecule has 0 aliphatic carbocycles. The van der Waals surface area contributed by atoms with Crippen molar-refractivity contribution in [2.45, 2.75) is 36.7 Å². The molecule has 1 aliphatic heterocycles. The summed E-state index contributed by atoms with van der Waals surface area (Å²) in [6.45, 7) is 2.78. The zero-order valence-electron chi connectivity index (χ0n) is 12.4. The van der Waals surface area contributed by atoms with Gasteiger partial charge in [-0.3, -0.25) is 10.1 Å². The Kier molecular flexibility index (Phi) is 4.99. The number of nitro groups is 1. The molecule has 1 aromatic rings. The first-order chi connectivity index (χ1) is 10.3. The van der Waals surface area contributed by atoms with Crippen molar-refractivity contribution in [3.8, 4) is 5.75 Å². The third-order valence-corrected chi connectivity index (χ3v) is 5.25. The number of ether oxygens (including phenoxy) is 1. The average molecular weight is 329 g/mol. The van der Waals surface area contributed by atoms with Crippen LogP contribution >= 0.6 is 0 Å². The first-order valence-corrected chi connectivity index (χ1v) is 8.41. The fraction of sp³-hybridized carbons (Fsp3) is 0.538. The van der Waals surface area contributed by atoms with Gasteiger partial charge in [-0.2, -0.15) is 0 Å². The summed E-state index contributed by atoms with van der Waals surface area (Å²) in [4.78, 5) is 10.1. The Morgan fingerprint density at radius 3 is 2.77 bits per heavy atom. The van der Waals surface area contributed by atoms with Crippen LogP contribution in [0.1, 0.15) is 19.8 Å². The van der Waals surface area contributed by atoms with Crippen LogP contribution in [0.25, 0.3) is 0 Å². The van der Waals surface area contributed by atoms with E-state index in [-0.39, 0.29) is 28.4 Å². The SMILES string of the molecule is COc1cc([N+](=O)[O-])ccc1S(=O)(=O)NC1CCCNC1C. The van der Waals surface area contributed by atoms with Gasteiger partial charge in [0, 0.05) is 18.2 Å². The van der Waals surface area contributed by atoms with E-state index in [2.05, 4.69) is 10.0 Å². The number of rotatable bonds is 5. The average Bonchev–Trinajstić information content (AvgIpc) is 2.48. The lowest BCUT2D eigenvalue weighted by atomic mass is 10.0. The second-order valence-electron chi connectivity index (χ2n) is 5.21. The molecule has 8 nitrogen and oxygen atoms in total. The van der Waals surface area contributed by atoms with E-state index < -0.39 is 14.9 Å². The number of methoxy groups -OCH3 is 1. The molecular formula is C13H19N3O5S. The molecule has 1 saturated heterocycles. The summed E-state index contributed by atoms with van der Waals surface area (Å²) in [5, 5.41) is 14.0. The van der Waals surface area contributed by atoms with E-state index in [1.165, 1.54) is 13.2 Å². The number of piperidine rings is 1. The van der Waals surface area contributed by atoms with Crippen molar-refractivity contribution >= 4 is 15.7 Å². The van der Waals surface area contributed by atoms with Crippen LogP contribution in [0.4, 0.5) is 5.69 Å². The predicted molar refractivity (Wildman–Crippen MR) is 80.5 cm³/mol. The Balaban J connectivity index is 2.30. The van der Waals surface area contributed by atoms with Gasteiger partial charge < -0.3 is 10.1 Å². The molecule has 0 amide bonds. The van der Waals surface area contributed by atoms with Crippen LogP contribution in [0.2, 0.25) is 0 Å². The van der Waals surface area contributed by atoms with E-state index in [1.807, 2.05) is 6.92 Å². The zero-order chi connectivity index (χ0) is 16.3. The van der Waals surface area contributed by atoms with Crippen LogP contribution in [0.3, 0.4) is 0 Å². The van der Waals surface area contributed by atoms with E-state index in [9.17, 15) is 18.5 Å². The van der Waals surface area contributed by atoms with Crippen molar-refractivity contribution in [1.29, 1.82) is 0 Å². The highest BCUT2D eigenvalue weighted by Crippen LogP contribution is 2.28. The lowest BCUT2D eigenvalue weighted by molar-refractivity contribution is -0.385. The van der Waals surface area contributed by atoms with Crippen LogP contribution < -0.4 is 14.8 Å². The molecule has 0 saturated carbocycles. The molecule has 1 aliphatic rings. The van der Waals surface area contributed by atoms with Crippen LogP contribution in [0.15, 0.2) is 23.1 Å². The highest BCUT2D eigenvalue weighted by molar-refractivity contribution is 7.89. The summed E-state index contributed by atoms with van der Waals surface area (Å²) in [7, 11) is -2.54. The van der Waals surface area contributed by atoms with Gasteiger partial charge in [0.25, 0.3) is 5.69 Å². The molecule has 2 N–H and O–H groups in total. The van der Waals surface area contributed by atoms with Gasteiger partial charge >= 0.3 is 0 Å². The normalized spacial score (nSPS) is 22.3. The minimum Gasteiger partial charge on any atom is -0.495 e. The Bertz CT molecular complexity index is 662. The van der Waals surface area contributed by atoms with Crippen LogP contribution in [0.5, 0.6) is 5.75 Å². The van der Waals surface area contributed by atoms with Crippen LogP contribution in [-0.4, -0.2) is 39.1 Å². The van der Waals surface area contributed by atoms with Gasteiger partial charge in [-0.05, 0) is 32.4 Å². The topological polar surface area (TPSA) is 111 Å². The van der Waals surface area contributed by atoms with Crippen LogP contribution in [0, 0.1) is 10.1 Å². The molecule has 122 valence electrons. The molecule has 1 fully saturated rings. The molecular weight excluding hydrogens is 310 g/mol. The van der Waals surface area contributed by atoms with E-state index in [0.29, 0.717) is 0 Å². The number of nitro benzene ring substituents is 1. The van der Waals surface area contributed by atoms with Gasteiger partial charge in [0.15, 0.2) is 0 Å². The maximum Gasteiger partial charge on any atom is 0.273 e. The molecule has 22 heavy (non-hydrogen) atoms. The second-order valence-corrected chi connectivity index (χ2v) is 6.89. The zero-order valence-corrected chi connectivity index (χ0v) is 13.2. The van der Waals surface area contributed by atoms with Crippen molar-refractivity contribution in [3.05, 3.63) is 28.3 Å². The van der Waals surface area contributed by atoms with Crippen molar-refractivity contribution in [2.24, 2.45) is 0 Å². The summed E-state index contributed by atoms with van der Waals surface area (Å²) >= 11 is 0. The molecule has 0 bridgehead atoms. The number of nitrogens with zero attached hydrogens (tertiary/aromatic N) is 1. The van der Waals surface area contributed by atoms with Crippen molar-refractivity contribution in [2.75, 3.05) is 13.7 Å². The number of nitrogens with one attached hydrogen (secondary N) is 2. The van der Waals surface area contributed by atoms with Crippen molar-refractivity contribution in [3.63, 3.8) is 0 Å². The highest BCUT2D eigenvalue weighted by Gasteiger charge is 2.29. The first-order valence-electron chi connectivity index (χ1n) is 6.93. The van der Waals surface area contributed by atoms with Crippen LogP contribution in [-0.2, 0) is 10.0 Å². The third kappa shape index (κ3) is 3.54. The molecule has 2 unspecified atom stereocenters. The Labute approximate surface area is 129 Å². The monoisotopic (exact) mass is 329 g/mol. The predicted octanol–water partition coefficient (Wildman–Crippen LogP) is 1.02. The minimum absolute atomic E-state index is 0.0209. The summed E-state index contributed by atoms with van der Waals surface area (Å²) in [6.07, 6.45) is 1.62. The molecule has 0 spiro atoms. The van der Waals surface area contributed by atoms with Gasteiger partial charge in [0.05, 0.1) is 18.1 Å². The standard InChI is InChI=1S/C13H19N3O5S/c1-9-11(4-3-7-14-9)15-22(19,20)13-6-5-10(16(17)18)8-12(13)21-2/h5-6,8-9,11,14-15H,3-4,7H2,1-2H3. The summed E-state index contributed by atoms with van der Waals surface area (Å²) in [5.41, 5.74) is -0.219. The second kappa shape index (κ2) is 6.59. The van der Waals surface area contributed by atoms with Gasteiger partial charge in [-0.15, -0.1) is 0 Å². The number of hydrogen-bond donors (Lipinski definition) is 2. The van der Waals surface area contributed by atoms with E-state index in [4.69, 9.17) is 4.74 Å². The summed E-state index contributed by atoms with van der Waals surface area (Å²) in [5.74, 6) is -0.0434. The summed E-state index contributed by atoms with van der Waals surface area (Å²) in [6, 6.07) is 3.25. The molecule has 0 aromatic heterocycles. The molecule has 2 atom stereocenters.